The minimum atomic E-state index is 0.167. The van der Waals surface area contributed by atoms with E-state index in [1.807, 2.05) is 0 Å². The topological polar surface area (TPSA) is 0 Å². The van der Waals surface area contributed by atoms with Crippen LogP contribution in [0.2, 0.25) is 0 Å². The predicted molar refractivity (Wildman–Crippen MR) is 75.5 cm³/mol. The van der Waals surface area contributed by atoms with Crippen LogP contribution in [-0.2, 0) is 5.41 Å². The highest BCUT2D eigenvalue weighted by molar-refractivity contribution is 5.47. The zero-order valence-corrected chi connectivity index (χ0v) is 11.6. The molecule has 0 bridgehead atoms. The molecule has 0 aliphatic heterocycles. The Morgan fingerprint density at radius 1 is 1.00 bits per heavy atom. The Morgan fingerprint density at radius 2 is 1.59 bits per heavy atom. The smallest absolute Gasteiger partial charge is 0.0149 e. The van der Waals surface area contributed by atoms with E-state index in [-0.39, 0.29) is 5.41 Å². The van der Waals surface area contributed by atoms with Gasteiger partial charge in [0.1, 0.15) is 0 Å². The van der Waals surface area contributed by atoms with Crippen LogP contribution in [0.5, 0.6) is 0 Å². The molecule has 0 spiro atoms. The van der Waals surface area contributed by atoms with Crippen LogP contribution in [0.25, 0.3) is 0 Å². The van der Waals surface area contributed by atoms with Crippen LogP contribution < -0.4 is 0 Å². The van der Waals surface area contributed by atoms with E-state index in [0.717, 1.165) is 6.42 Å². The predicted octanol–water partition coefficient (Wildman–Crippen LogP) is 4.78. The van der Waals surface area contributed by atoms with Crippen LogP contribution >= 0.6 is 0 Å². The van der Waals surface area contributed by atoms with Crippen molar-refractivity contribution in [2.24, 2.45) is 0 Å². The third-order valence-electron chi connectivity index (χ3n) is 3.74. The monoisotopic (exact) mass is 226 g/mol. The van der Waals surface area contributed by atoms with Gasteiger partial charge in [-0.1, -0.05) is 48.4 Å². The quantitative estimate of drug-likeness (QED) is 0.646. The second-order valence-electron chi connectivity index (χ2n) is 5.74. The molecule has 1 atom stereocenters. The van der Waals surface area contributed by atoms with Gasteiger partial charge in [0.15, 0.2) is 0 Å². The van der Waals surface area contributed by atoms with Crippen LogP contribution in [0.4, 0.5) is 0 Å². The van der Waals surface area contributed by atoms with Gasteiger partial charge in [0, 0.05) is 5.41 Å². The highest BCUT2D eigenvalue weighted by atomic mass is 14.3. The maximum atomic E-state index is 2.35. The molecule has 0 radical (unpaired) electrons. The zero-order chi connectivity index (χ0) is 12.6. The number of rotatable bonds is 1. The summed E-state index contributed by atoms with van der Waals surface area (Å²) in [5.74, 6) is 0. The number of benzene rings is 1. The van der Waals surface area contributed by atoms with E-state index in [1.165, 1.54) is 27.8 Å². The van der Waals surface area contributed by atoms with Gasteiger partial charge in [-0.15, -0.1) is 0 Å². The van der Waals surface area contributed by atoms with Crippen molar-refractivity contribution in [3.8, 4) is 0 Å². The van der Waals surface area contributed by atoms with Crippen molar-refractivity contribution in [2.45, 2.75) is 46.5 Å². The Morgan fingerprint density at radius 3 is 2.12 bits per heavy atom. The molecule has 17 heavy (non-hydrogen) atoms. The molecule has 0 N–H and O–H groups in total. The van der Waals surface area contributed by atoms with Crippen LogP contribution in [-0.4, -0.2) is 0 Å². The fourth-order valence-electron chi connectivity index (χ4n) is 3.37. The summed E-state index contributed by atoms with van der Waals surface area (Å²) in [4.78, 5) is 0. The van der Waals surface area contributed by atoms with E-state index < -0.39 is 0 Å². The van der Waals surface area contributed by atoms with Crippen LogP contribution in [0, 0.1) is 20.8 Å². The molecule has 90 valence electrons. The summed E-state index contributed by atoms with van der Waals surface area (Å²) < 4.78 is 0. The lowest BCUT2D eigenvalue weighted by Crippen LogP contribution is -2.23. The van der Waals surface area contributed by atoms with Gasteiger partial charge in [0.2, 0.25) is 0 Å². The first-order valence-electron chi connectivity index (χ1n) is 6.36. The van der Waals surface area contributed by atoms with Crippen molar-refractivity contribution < 1.29 is 0 Å². The molecule has 1 aromatic carbocycles. The molecule has 0 amide bonds. The third kappa shape index (κ3) is 2.22. The number of aryl methyl sites for hydroxylation is 3. The van der Waals surface area contributed by atoms with Gasteiger partial charge in [0.05, 0.1) is 0 Å². The molecule has 1 aliphatic rings. The first-order valence-corrected chi connectivity index (χ1v) is 6.36. The average Bonchev–Trinajstić information content (AvgIpc) is 2.14. The molecule has 1 unspecified atom stereocenters. The standard InChI is InChI=1S/C17H22/c1-12-7-6-8-17(5,11-12)16-14(3)9-13(2)10-15(16)4/h6-10H,11H2,1-5H3. The van der Waals surface area contributed by atoms with E-state index >= 15 is 0 Å². The van der Waals surface area contributed by atoms with Gasteiger partial charge < -0.3 is 0 Å². The van der Waals surface area contributed by atoms with Gasteiger partial charge in [-0.3, -0.25) is 0 Å². The van der Waals surface area contributed by atoms with Gasteiger partial charge >= 0.3 is 0 Å². The third-order valence-corrected chi connectivity index (χ3v) is 3.74. The van der Waals surface area contributed by atoms with Crippen molar-refractivity contribution in [1.29, 1.82) is 0 Å². The SMILES string of the molecule is CC1=CC=CC(C)(c2c(C)cc(C)cc2C)C1. The molecule has 0 heteroatoms. The molecule has 0 fully saturated rings. The van der Waals surface area contributed by atoms with Crippen molar-refractivity contribution in [2.75, 3.05) is 0 Å². The van der Waals surface area contributed by atoms with E-state index in [0.29, 0.717) is 0 Å². The highest BCUT2D eigenvalue weighted by Crippen LogP contribution is 2.38. The minimum absolute atomic E-state index is 0.167. The normalized spacial score (nSPS) is 23.7. The molecule has 0 saturated carbocycles. The second-order valence-corrected chi connectivity index (χ2v) is 5.74. The molecule has 2 rings (SSSR count). The Bertz CT molecular complexity index is 480. The van der Waals surface area contributed by atoms with Crippen molar-refractivity contribution in [3.63, 3.8) is 0 Å². The Balaban J connectivity index is 2.55. The zero-order valence-electron chi connectivity index (χ0n) is 11.6. The number of allylic oxidation sites excluding steroid dienone is 4. The first-order chi connectivity index (χ1) is 7.92. The van der Waals surface area contributed by atoms with Crippen LogP contribution in [0.3, 0.4) is 0 Å². The molecular formula is C17H22. The highest BCUT2D eigenvalue weighted by Gasteiger charge is 2.28. The average molecular weight is 226 g/mol. The van der Waals surface area contributed by atoms with E-state index in [2.05, 4.69) is 65.0 Å². The molecule has 0 saturated heterocycles. The van der Waals surface area contributed by atoms with Crippen LogP contribution in [0.1, 0.15) is 42.5 Å². The summed E-state index contributed by atoms with van der Waals surface area (Å²) in [7, 11) is 0. The summed E-state index contributed by atoms with van der Waals surface area (Å²) in [6.45, 7) is 11.2. The fourth-order valence-corrected chi connectivity index (χ4v) is 3.37. The molecule has 0 nitrogen and oxygen atoms in total. The minimum Gasteiger partial charge on any atom is -0.0739 e. The first kappa shape index (κ1) is 12.2. The maximum Gasteiger partial charge on any atom is 0.0149 e. The summed E-state index contributed by atoms with van der Waals surface area (Å²) >= 11 is 0. The largest absolute Gasteiger partial charge is 0.0739 e. The van der Waals surface area contributed by atoms with E-state index in [9.17, 15) is 0 Å². The van der Waals surface area contributed by atoms with Crippen LogP contribution in [0.15, 0.2) is 35.9 Å². The maximum absolute atomic E-state index is 2.35. The summed E-state index contributed by atoms with van der Waals surface area (Å²) in [6, 6.07) is 4.60. The molecule has 0 aromatic heterocycles. The lowest BCUT2D eigenvalue weighted by molar-refractivity contribution is 0.573. The Kier molecular flexibility index (Phi) is 2.99. The molecule has 1 aliphatic carbocycles. The van der Waals surface area contributed by atoms with Gasteiger partial charge in [-0.25, -0.2) is 0 Å². The van der Waals surface area contributed by atoms with Gasteiger partial charge in [-0.2, -0.15) is 0 Å². The number of hydrogen-bond donors (Lipinski definition) is 0. The Labute approximate surface area is 105 Å². The number of hydrogen-bond acceptors (Lipinski definition) is 0. The van der Waals surface area contributed by atoms with E-state index in [1.54, 1.807) is 0 Å². The lowest BCUT2D eigenvalue weighted by atomic mass is 9.71. The van der Waals surface area contributed by atoms with E-state index in [4.69, 9.17) is 0 Å². The summed E-state index contributed by atoms with van der Waals surface area (Å²) in [5, 5.41) is 0. The van der Waals surface area contributed by atoms with Crippen molar-refractivity contribution in [3.05, 3.63) is 58.2 Å². The van der Waals surface area contributed by atoms with Gasteiger partial charge in [0.25, 0.3) is 0 Å². The van der Waals surface area contributed by atoms with Crippen molar-refractivity contribution in [1.82, 2.24) is 0 Å². The van der Waals surface area contributed by atoms with Gasteiger partial charge in [-0.05, 0) is 50.8 Å². The second kappa shape index (κ2) is 4.18. The fraction of sp³-hybridized carbons (Fsp3) is 0.412. The van der Waals surface area contributed by atoms with Crippen molar-refractivity contribution >= 4 is 0 Å². The molecular weight excluding hydrogens is 204 g/mol. The Hall–Kier alpha value is -1.30. The molecule has 1 aromatic rings. The molecule has 0 heterocycles. The summed E-state index contributed by atoms with van der Waals surface area (Å²) in [6.07, 6.45) is 7.91. The lowest BCUT2D eigenvalue weighted by Gasteiger charge is -2.32. The summed E-state index contributed by atoms with van der Waals surface area (Å²) in [5.41, 5.74) is 7.34.